The van der Waals surface area contributed by atoms with Crippen LogP contribution in [0, 0.1) is 0 Å². The van der Waals surface area contributed by atoms with Gasteiger partial charge in [0.15, 0.2) is 5.76 Å². The van der Waals surface area contributed by atoms with Crippen molar-refractivity contribution < 1.29 is 19.8 Å². The van der Waals surface area contributed by atoms with Gasteiger partial charge in [-0.05, 0) is 18.2 Å². The van der Waals surface area contributed by atoms with Crippen LogP contribution in [-0.4, -0.2) is 33.2 Å². The van der Waals surface area contributed by atoms with Crippen LogP contribution in [0.5, 0.6) is 0 Å². The zero-order chi connectivity index (χ0) is 18.7. The van der Waals surface area contributed by atoms with Crippen LogP contribution in [0.3, 0.4) is 0 Å². The second-order valence-corrected chi connectivity index (χ2v) is 5.39. The summed E-state index contributed by atoms with van der Waals surface area (Å²) in [6.07, 6.45) is 2.39. The monoisotopic (exact) mass is 353 g/mol. The minimum atomic E-state index is -2.11. The van der Waals surface area contributed by atoms with Crippen LogP contribution in [0.4, 0.5) is 5.69 Å². The molecular weight excluding hydrogens is 338 g/mol. The van der Waals surface area contributed by atoms with E-state index in [1.54, 1.807) is 30.3 Å². The number of anilines is 1. The smallest absolute Gasteiger partial charge is 0.274 e. The van der Waals surface area contributed by atoms with E-state index in [1.807, 2.05) is 0 Å². The number of aliphatic imine (C=N–C) groups is 1. The predicted molar refractivity (Wildman–Crippen MR) is 93.0 cm³/mol. The summed E-state index contributed by atoms with van der Waals surface area (Å²) in [5.41, 5.74) is 5.35. The molecule has 1 aliphatic heterocycles. The molecule has 0 radical (unpaired) electrons. The molecule has 26 heavy (non-hydrogen) atoms. The van der Waals surface area contributed by atoms with Gasteiger partial charge in [0, 0.05) is 6.20 Å². The van der Waals surface area contributed by atoms with Crippen LogP contribution >= 0.6 is 0 Å². The summed E-state index contributed by atoms with van der Waals surface area (Å²) in [6, 6.07) is 11.2. The zero-order valence-electron chi connectivity index (χ0n) is 13.4. The number of para-hydroxylation sites is 1. The lowest BCUT2D eigenvalue weighted by molar-refractivity contribution is -0.116. The molecule has 2 amide bonds. The number of aliphatic hydroxyl groups excluding tert-OH is 1. The number of pyridine rings is 1. The van der Waals surface area contributed by atoms with Crippen molar-refractivity contribution in [2.75, 3.05) is 5.32 Å². The van der Waals surface area contributed by atoms with Crippen molar-refractivity contribution in [3.8, 4) is 0 Å². The summed E-state index contributed by atoms with van der Waals surface area (Å²) >= 11 is 0. The molecule has 0 fully saturated rings. The van der Waals surface area contributed by atoms with Crippen molar-refractivity contribution in [3.63, 3.8) is 0 Å². The predicted octanol–water partition coefficient (Wildman–Crippen LogP) is 0.365. The number of nitrogens with zero attached hydrogens (tertiary/aromatic N) is 2. The number of hydrogen-bond acceptors (Lipinski definition) is 7. The van der Waals surface area contributed by atoms with E-state index in [1.165, 1.54) is 18.3 Å². The Balaban J connectivity index is 1.94. The van der Waals surface area contributed by atoms with Gasteiger partial charge in [0.1, 0.15) is 11.4 Å². The molecule has 1 unspecified atom stereocenters. The molecule has 0 saturated heterocycles. The number of hydrogen-bond donors (Lipinski definition) is 5. The SMILES string of the molecule is NC(=O)C1=C(O)C=NC(O)(c2ccccc2NC(=O)c2ccccn2)N1. The molecule has 1 atom stereocenters. The lowest BCUT2D eigenvalue weighted by Gasteiger charge is -2.31. The molecule has 6 N–H and O–H groups in total. The van der Waals surface area contributed by atoms with E-state index in [9.17, 15) is 19.8 Å². The lowest BCUT2D eigenvalue weighted by Crippen LogP contribution is -2.46. The third-order valence-electron chi connectivity index (χ3n) is 3.62. The van der Waals surface area contributed by atoms with Gasteiger partial charge >= 0.3 is 0 Å². The molecular formula is C17H15N5O4. The first kappa shape index (κ1) is 17.1. The van der Waals surface area contributed by atoms with Crippen LogP contribution in [0.25, 0.3) is 0 Å². The van der Waals surface area contributed by atoms with E-state index in [0.29, 0.717) is 0 Å². The number of amides is 2. The molecule has 1 aliphatic rings. The summed E-state index contributed by atoms with van der Waals surface area (Å²) < 4.78 is 0. The van der Waals surface area contributed by atoms with Crippen molar-refractivity contribution >= 4 is 23.7 Å². The number of allylic oxidation sites excluding steroid dienone is 1. The molecule has 0 spiro atoms. The van der Waals surface area contributed by atoms with Crippen molar-refractivity contribution in [1.29, 1.82) is 0 Å². The van der Waals surface area contributed by atoms with Crippen LogP contribution in [0.1, 0.15) is 16.1 Å². The number of aliphatic hydroxyl groups is 2. The second kappa shape index (κ2) is 6.65. The molecule has 0 saturated carbocycles. The van der Waals surface area contributed by atoms with Crippen LogP contribution in [0.2, 0.25) is 0 Å². The Morgan fingerprint density at radius 3 is 2.58 bits per heavy atom. The topological polar surface area (TPSA) is 150 Å². The van der Waals surface area contributed by atoms with Crippen molar-refractivity contribution in [1.82, 2.24) is 10.3 Å². The van der Waals surface area contributed by atoms with E-state index in [-0.39, 0.29) is 16.9 Å². The molecule has 132 valence electrons. The van der Waals surface area contributed by atoms with Crippen molar-refractivity contribution in [3.05, 3.63) is 71.4 Å². The van der Waals surface area contributed by atoms with E-state index < -0.39 is 29.1 Å². The maximum atomic E-state index is 12.3. The first-order valence-electron chi connectivity index (χ1n) is 7.51. The number of rotatable bonds is 4. The average Bonchev–Trinajstić information content (AvgIpc) is 2.65. The fraction of sp³-hybridized carbons (Fsp3) is 0.0588. The summed E-state index contributed by atoms with van der Waals surface area (Å²) in [5.74, 6) is -4.07. The van der Waals surface area contributed by atoms with Gasteiger partial charge in [0.2, 0.25) is 0 Å². The first-order chi connectivity index (χ1) is 12.4. The molecule has 2 heterocycles. The van der Waals surface area contributed by atoms with Crippen molar-refractivity contribution in [2.45, 2.75) is 5.85 Å². The van der Waals surface area contributed by atoms with Crippen molar-refractivity contribution in [2.24, 2.45) is 10.7 Å². The fourth-order valence-electron chi connectivity index (χ4n) is 2.39. The average molecular weight is 353 g/mol. The standard InChI is InChI=1S/C17H15N5O4/c18-15(24)14-13(23)9-20-17(26,22-14)10-5-1-2-6-11(10)21-16(25)12-7-3-4-8-19-12/h1-9,22-23,26H,(H2,18,24)(H,21,25). The van der Waals surface area contributed by atoms with Gasteiger partial charge in [0.05, 0.1) is 17.5 Å². The largest absolute Gasteiger partial charge is 0.504 e. The summed E-state index contributed by atoms with van der Waals surface area (Å²) in [4.78, 5) is 31.5. The van der Waals surface area contributed by atoms with Crippen LogP contribution in [-0.2, 0) is 10.6 Å². The van der Waals surface area contributed by atoms with Gasteiger partial charge in [0.25, 0.3) is 17.7 Å². The number of benzene rings is 1. The zero-order valence-corrected chi connectivity index (χ0v) is 13.4. The quantitative estimate of drug-likeness (QED) is 0.536. The molecule has 9 nitrogen and oxygen atoms in total. The Bertz CT molecular complexity index is 926. The molecule has 3 rings (SSSR count). The Labute approximate surface area is 147 Å². The number of nitrogens with two attached hydrogens (primary N) is 1. The maximum absolute atomic E-state index is 12.3. The molecule has 0 bridgehead atoms. The lowest BCUT2D eigenvalue weighted by atomic mass is 10.1. The maximum Gasteiger partial charge on any atom is 0.274 e. The number of aromatic nitrogens is 1. The van der Waals surface area contributed by atoms with Gasteiger partial charge in [-0.25, -0.2) is 4.99 Å². The van der Waals surface area contributed by atoms with Gasteiger partial charge < -0.3 is 26.6 Å². The van der Waals surface area contributed by atoms with E-state index >= 15 is 0 Å². The minimum Gasteiger partial charge on any atom is -0.504 e. The van der Waals surface area contributed by atoms with Crippen LogP contribution in [0.15, 0.2) is 65.1 Å². The third-order valence-corrected chi connectivity index (χ3v) is 3.62. The Morgan fingerprint density at radius 2 is 1.88 bits per heavy atom. The number of primary amides is 1. The third kappa shape index (κ3) is 3.23. The molecule has 0 aliphatic carbocycles. The van der Waals surface area contributed by atoms with Gasteiger partial charge in [-0.2, -0.15) is 0 Å². The number of nitrogens with one attached hydrogen (secondary N) is 2. The van der Waals surface area contributed by atoms with Crippen LogP contribution < -0.4 is 16.4 Å². The van der Waals surface area contributed by atoms with Gasteiger partial charge in [-0.3, -0.25) is 14.6 Å². The molecule has 9 heteroatoms. The van der Waals surface area contributed by atoms with E-state index in [2.05, 4.69) is 20.6 Å². The van der Waals surface area contributed by atoms with Gasteiger partial charge in [-0.15, -0.1) is 0 Å². The first-order valence-corrected chi connectivity index (χ1v) is 7.51. The highest BCUT2D eigenvalue weighted by molar-refractivity contribution is 6.03. The highest BCUT2D eigenvalue weighted by Gasteiger charge is 2.36. The van der Waals surface area contributed by atoms with E-state index in [4.69, 9.17) is 5.73 Å². The Hall–Kier alpha value is -3.72. The number of carbonyl (C=O) groups excluding carboxylic acids is 2. The fourth-order valence-corrected chi connectivity index (χ4v) is 2.39. The molecule has 1 aromatic heterocycles. The normalized spacial score (nSPS) is 19.0. The summed E-state index contributed by atoms with van der Waals surface area (Å²) in [6.45, 7) is 0. The Kier molecular flexibility index (Phi) is 4.38. The molecule has 1 aromatic carbocycles. The summed E-state index contributed by atoms with van der Waals surface area (Å²) in [5, 5.41) is 25.5. The van der Waals surface area contributed by atoms with Gasteiger partial charge in [-0.1, -0.05) is 24.3 Å². The number of carbonyl (C=O) groups is 2. The highest BCUT2D eigenvalue weighted by Crippen LogP contribution is 2.30. The minimum absolute atomic E-state index is 0.145. The second-order valence-electron chi connectivity index (χ2n) is 5.39. The summed E-state index contributed by atoms with van der Waals surface area (Å²) in [7, 11) is 0. The van der Waals surface area contributed by atoms with E-state index in [0.717, 1.165) is 6.21 Å². The Morgan fingerprint density at radius 1 is 1.15 bits per heavy atom. The molecule has 2 aromatic rings. The highest BCUT2D eigenvalue weighted by atomic mass is 16.3.